The van der Waals surface area contributed by atoms with Crippen LogP contribution in [0.25, 0.3) is 0 Å². The van der Waals surface area contributed by atoms with Crippen molar-refractivity contribution in [1.82, 2.24) is 20.1 Å². The van der Waals surface area contributed by atoms with E-state index in [1.165, 1.54) is 7.11 Å². The van der Waals surface area contributed by atoms with Crippen LogP contribution in [0, 0.1) is 0 Å². The zero-order valence-corrected chi connectivity index (χ0v) is 10.4. The average Bonchev–Trinajstić information content (AvgIpc) is 2.74. The van der Waals surface area contributed by atoms with Crippen LogP contribution < -0.4 is 5.32 Å². The zero-order chi connectivity index (χ0) is 12.7. The highest BCUT2D eigenvalue weighted by atomic mass is 16.5. The Bertz CT molecular complexity index is 398. The van der Waals surface area contributed by atoms with Crippen molar-refractivity contribution in [3.8, 4) is 0 Å². The fourth-order valence-corrected chi connectivity index (χ4v) is 1.35. The lowest BCUT2D eigenvalue weighted by Crippen LogP contribution is -2.17. The van der Waals surface area contributed by atoms with Gasteiger partial charge in [0, 0.05) is 19.2 Å². The molecule has 0 saturated carbocycles. The van der Waals surface area contributed by atoms with Crippen molar-refractivity contribution in [3.63, 3.8) is 0 Å². The predicted molar refractivity (Wildman–Crippen MR) is 63.1 cm³/mol. The molecule has 1 rings (SSSR count). The normalized spacial score (nSPS) is 11.6. The smallest absolute Gasteiger partial charge is 0.333 e. The first kappa shape index (κ1) is 13.4. The van der Waals surface area contributed by atoms with E-state index in [0.29, 0.717) is 25.1 Å². The summed E-state index contributed by atoms with van der Waals surface area (Å²) in [6, 6.07) is 0. The molecular formula is C11H18N4O2. The highest BCUT2D eigenvalue weighted by Gasteiger charge is 2.05. The molecule has 0 unspecified atom stereocenters. The first-order chi connectivity index (χ1) is 8.19. The fourth-order valence-electron chi connectivity index (χ4n) is 1.35. The highest BCUT2D eigenvalue weighted by Crippen LogP contribution is 2.01. The number of rotatable bonds is 6. The van der Waals surface area contributed by atoms with Gasteiger partial charge < -0.3 is 14.6 Å². The molecule has 1 aromatic heterocycles. The van der Waals surface area contributed by atoms with Gasteiger partial charge in [0.15, 0.2) is 0 Å². The van der Waals surface area contributed by atoms with Gasteiger partial charge in [-0.05, 0) is 6.42 Å². The summed E-state index contributed by atoms with van der Waals surface area (Å²) < 4.78 is 6.51. The van der Waals surface area contributed by atoms with E-state index in [4.69, 9.17) is 0 Å². The minimum Gasteiger partial charge on any atom is -0.466 e. The van der Waals surface area contributed by atoms with Crippen molar-refractivity contribution in [2.45, 2.75) is 19.9 Å². The Balaban J connectivity index is 2.38. The highest BCUT2D eigenvalue weighted by molar-refractivity contribution is 5.88. The van der Waals surface area contributed by atoms with Crippen LogP contribution in [0.1, 0.15) is 19.2 Å². The molecule has 0 aliphatic heterocycles. The van der Waals surface area contributed by atoms with Gasteiger partial charge >= 0.3 is 5.97 Å². The van der Waals surface area contributed by atoms with E-state index in [2.05, 4.69) is 20.3 Å². The van der Waals surface area contributed by atoms with Crippen LogP contribution in [0.5, 0.6) is 0 Å². The summed E-state index contributed by atoms with van der Waals surface area (Å²) in [5, 5.41) is 10.9. The maximum absolute atomic E-state index is 11.3. The summed E-state index contributed by atoms with van der Waals surface area (Å²) in [5.41, 5.74) is 0.679. The number of methoxy groups -OCH3 is 1. The second-order valence-corrected chi connectivity index (χ2v) is 3.56. The van der Waals surface area contributed by atoms with Gasteiger partial charge in [-0.15, -0.1) is 10.2 Å². The van der Waals surface area contributed by atoms with Crippen LogP contribution in [0.4, 0.5) is 0 Å². The molecule has 94 valence electrons. The quantitative estimate of drug-likeness (QED) is 0.442. The maximum Gasteiger partial charge on any atom is 0.333 e. The minimum absolute atomic E-state index is 0.270. The molecule has 0 amide bonds. The van der Waals surface area contributed by atoms with Crippen molar-refractivity contribution in [1.29, 1.82) is 0 Å². The van der Waals surface area contributed by atoms with Crippen LogP contribution in [0.15, 0.2) is 18.0 Å². The van der Waals surface area contributed by atoms with Crippen LogP contribution in [-0.2, 0) is 23.1 Å². The number of hydrogen-bond acceptors (Lipinski definition) is 5. The monoisotopic (exact) mass is 238 g/mol. The Morgan fingerprint density at radius 2 is 2.41 bits per heavy atom. The molecule has 1 aromatic rings. The number of esters is 1. The van der Waals surface area contributed by atoms with Crippen LogP contribution in [0.2, 0.25) is 0 Å². The third-order valence-electron chi connectivity index (χ3n) is 2.41. The Labute approximate surface area is 101 Å². The van der Waals surface area contributed by atoms with Gasteiger partial charge in [-0.25, -0.2) is 4.79 Å². The standard InChI is InChI=1S/C11H18N4O2/c1-4-9(11(16)17-3)5-6-12-7-10-14-13-8-15(10)2/h5,8,12H,4,6-7H2,1-3H3. The number of carbonyl (C=O) groups excluding carboxylic acids is 1. The Kier molecular flexibility index (Phi) is 5.35. The number of nitrogens with one attached hydrogen (secondary N) is 1. The van der Waals surface area contributed by atoms with Gasteiger partial charge in [0.25, 0.3) is 0 Å². The molecule has 1 N–H and O–H groups in total. The SMILES string of the molecule is CCC(=CCNCc1nncn1C)C(=O)OC. The molecule has 1 heterocycles. The third kappa shape index (κ3) is 3.99. The van der Waals surface area contributed by atoms with Crippen molar-refractivity contribution in [3.05, 3.63) is 23.8 Å². The lowest BCUT2D eigenvalue weighted by Gasteiger charge is -2.04. The Morgan fingerprint density at radius 1 is 1.65 bits per heavy atom. The van der Waals surface area contributed by atoms with Crippen molar-refractivity contribution in [2.75, 3.05) is 13.7 Å². The lowest BCUT2D eigenvalue weighted by molar-refractivity contribution is -0.136. The summed E-state index contributed by atoms with van der Waals surface area (Å²) >= 11 is 0. The molecule has 0 radical (unpaired) electrons. The minimum atomic E-state index is -0.270. The average molecular weight is 238 g/mol. The van der Waals surface area contributed by atoms with E-state index in [9.17, 15) is 4.79 Å². The van der Waals surface area contributed by atoms with Crippen LogP contribution in [0.3, 0.4) is 0 Å². The number of carbonyl (C=O) groups is 1. The number of hydrogen-bond donors (Lipinski definition) is 1. The van der Waals surface area contributed by atoms with Crippen LogP contribution in [-0.4, -0.2) is 34.4 Å². The van der Waals surface area contributed by atoms with Gasteiger partial charge in [-0.1, -0.05) is 13.0 Å². The molecule has 0 saturated heterocycles. The van der Waals surface area contributed by atoms with Gasteiger partial charge in [0.2, 0.25) is 0 Å². The van der Waals surface area contributed by atoms with Crippen LogP contribution >= 0.6 is 0 Å². The van der Waals surface area contributed by atoms with Gasteiger partial charge in [0.1, 0.15) is 12.2 Å². The topological polar surface area (TPSA) is 69.0 Å². The second-order valence-electron chi connectivity index (χ2n) is 3.56. The largest absolute Gasteiger partial charge is 0.466 e. The second kappa shape index (κ2) is 6.80. The van der Waals surface area contributed by atoms with Crippen molar-refractivity contribution >= 4 is 5.97 Å². The van der Waals surface area contributed by atoms with E-state index in [0.717, 1.165) is 5.82 Å². The lowest BCUT2D eigenvalue weighted by atomic mass is 10.2. The summed E-state index contributed by atoms with van der Waals surface area (Å²) in [6.07, 6.45) is 4.15. The Hall–Kier alpha value is -1.69. The van der Waals surface area contributed by atoms with E-state index in [-0.39, 0.29) is 5.97 Å². The summed E-state index contributed by atoms with van der Waals surface area (Å²) in [7, 11) is 3.28. The zero-order valence-electron chi connectivity index (χ0n) is 10.4. The van der Waals surface area contributed by atoms with Gasteiger partial charge in [-0.3, -0.25) is 0 Å². The van der Waals surface area contributed by atoms with Crippen molar-refractivity contribution < 1.29 is 9.53 Å². The first-order valence-corrected chi connectivity index (χ1v) is 5.50. The third-order valence-corrected chi connectivity index (χ3v) is 2.41. The number of ether oxygens (including phenoxy) is 1. The molecular weight excluding hydrogens is 220 g/mol. The number of nitrogens with zero attached hydrogens (tertiary/aromatic N) is 3. The molecule has 0 fully saturated rings. The van der Waals surface area contributed by atoms with E-state index >= 15 is 0 Å². The summed E-state index contributed by atoms with van der Waals surface area (Å²) in [4.78, 5) is 11.3. The molecule has 0 spiro atoms. The number of aromatic nitrogens is 3. The molecule has 0 aliphatic rings. The van der Waals surface area contributed by atoms with E-state index in [1.54, 1.807) is 6.33 Å². The molecule has 0 atom stereocenters. The molecule has 0 aliphatic carbocycles. The summed E-state index contributed by atoms with van der Waals surface area (Å²) in [6.45, 7) is 3.14. The molecule has 0 aromatic carbocycles. The van der Waals surface area contributed by atoms with Gasteiger partial charge in [0.05, 0.1) is 13.7 Å². The van der Waals surface area contributed by atoms with E-state index < -0.39 is 0 Å². The predicted octanol–water partition coefficient (Wildman–Crippen LogP) is 0.414. The summed E-state index contributed by atoms with van der Waals surface area (Å²) in [5.74, 6) is 0.586. The molecule has 6 heteroatoms. The first-order valence-electron chi connectivity index (χ1n) is 5.50. The van der Waals surface area contributed by atoms with Crippen molar-refractivity contribution in [2.24, 2.45) is 7.05 Å². The molecule has 0 bridgehead atoms. The maximum atomic E-state index is 11.3. The fraction of sp³-hybridized carbons (Fsp3) is 0.545. The Morgan fingerprint density at radius 3 is 2.94 bits per heavy atom. The van der Waals surface area contributed by atoms with Gasteiger partial charge in [-0.2, -0.15) is 0 Å². The molecule has 17 heavy (non-hydrogen) atoms. The molecule has 6 nitrogen and oxygen atoms in total. The number of aryl methyl sites for hydroxylation is 1. The van der Waals surface area contributed by atoms with E-state index in [1.807, 2.05) is 24.6 Å².